The molecule has 0 atom stereocenters. The number of Topliss-reactive ketones (excluding diaryl/α,β-unsaturated/α-hetero) is 1. The molecule has 0 saturated heterocycles. The molecule has 0 aliphatic carbocycles. The lowest BCUT2D eigenvalue weighted by atomic mass is 10.1. The van der Waals surface area contributed by atoms with Crippen molar-refractivity contribution in [1.29, 1.82) is 0 Å². The molecule has 0 bridgehead atoms. The van der Waals surface area contributed by atoms with Gasteiger partial charge in [-0.3, -0.25) is 24.7 Å². The zero-order chi connectivity index (χ0) is 21.3. The van der Waals surface area contributed by atoms with E-state index in [1.807, 2.05) is 49.1 Å². The minimum Gasteiger partial charge on any atom is -0.346 e. The summed E-state index contributed by atoms with van der Waals surface area (Å²) in [6.45, 7) is 4.70. The molecule has 0 saturated carbocycles. The Hall–Kier alpha value is -3.53. The van der Waals surface area contributed by atoms with Gasteiger partial charge in [0, 0.05) is 24.2 Å². The van der Waals surface area contributed by atoms with Gasteiger partial charge in [0.1, 0.15) is 0 Å². The molecule has 0 unspecified atom stereocenters. The van der Waals surface area contributed by atoms with E-state index >= 15 is 0 Å². The Balaban J connectivity index is 1.45. The number of H-pyrrole nitrogens is 1. The molecule has 3 aromatic rings. The molecule has 0 fully saturated rings. The maximum atomic E-state index is 12.5. The molecular weight excluding hydrogens is 404 g/mol. The van der Waals surface area contributed by atoms with Gasteiger partial charge in [0.25, 0.3) is 0 Å². The Bertz CT molecular complexity index is 1170. The van der Waals surface area contributed by atoms with E-state index in [0.29, 0.717) is 17.8 Å². The molecule has 4 heterocycles. The van der Waals surface area contributed by atoms with Gasteiger partial charge in [0.15, 0.2) is 5.78 Å². The van der Waals surface area contributed by atoms with E-state index in [9.17, 15) is 14.9 Å². The molecule has 30 heavy (non-hydrogen) atoms. The molecule has 10 heteroatoms. The first-order valence-electron chi connectivity index (χ1n) is 9.35. The number of aromatic amines is 1. The Kier molecular flexibility index (Phi) is 5.32. The summed E-state index contributed by atoms with van der Waals surface area (Å²) in [6, 6.07) is 6.88. The van der Waals surface area contributed by atoms with Crippen LogP contribution < -0.4 is 0 Å². The van der Waals surface area contributed by atoms with E-state index < -0.39 is 4.92 Å². The molecule has 0 radical (unpaired) electrons. The van der Waals surface area contributed by atoms with Crippen LogP contribution in [0.1, 0.15) is 38.9 Å². The van der Waals surface area contributed by atoms with Gasteiger partial charge in [0.05, 0.1) is 40.0 Å². The molecule has 1 N–H and O–H groups in total. The minimum atomic E-state index is -0.485. The number of aryl methyl sites for hydroxylation is 2. The van der Waals surface area contributed by atoms with Crippen LogP contribution >= 0.6 is 11.3 Å². The van der Waals surface area contributed by atoms with Crippen LogP contribution in [0.5, 0.6) is 0 Å². The summed E-state index contributed by atoms with van der Waals surface area (Å²) in [6.07, 6.45) is 6.41. The molecular formula is C20H20N6O3S. The minimum absolute atomic E-state index is 0.0320. The molecule has 3 aromatic heterocycles. The van der Waals surface area contributed by atoms with E-state index in [-0.39, 0.29) is 17.3 Å². The number of hydrogen-bond donors (Lipinski definition) is 1. The van der Waals surface area contributed by atoms with Crippen molar-refractivity contribution < 1.29 is 9.72 Å². The third kappa shape index (κ3) is 4.23. The number of nitrogens with zero attached hydrogens (tertiary/aromatic N) is 5. The van der Waals surface area contributed by atoms with Gasteiger partial charge in [-0.15, -0.1) is 0 Å². The topological polar surface area (TPSA) is 110 Å². The second-order valence-electron chi connectivity index (χ2n) is 7.10. The zero-order valence-electron chi connectivity index (χ0n) is 16.5. The van der Waals surface area contributed by atoms with Crippen molar-refractivity contribution >= 4 is 27.7 Å². The summed E-state index contributed by atoms with van der Waals surface area (Å²) in [4.78, 5) is 25.0. The first-order valence-corrected chi connectivity index (χ1v) is 10.2. The van der Waals surface area contributed by atoms with Crippen LogP contribution in [0.15, 0.2) is 42.7 Å². The van der Waals surface area contributed by atoms with Crippen molar-refractivity contribution in [3.8, 4) is 0 Å². The fraction of sp³-hybridized carbons (Fsp3) is 0.250. The van der Waals surface area contributed by atoms with Crippen LogP contribution in [0.4, 0.5) is 5.00 Å². The van der Waals surface area contributed by atoms with Gasteiger partial charge in [-0.2, -0.15) is 10.2 Å². The largest absolute Gasteiger partial charge is 0.346 e. The molecule has 0 spiro atoms. The van der Waals surface area contributed by atoms with Crippen LogP contribution in [0.25, 0.3) is 5.57 Å². The summed E-state index contributed by atoms with van der Waals surface area (Å²) in [7, 11) is 0. The number of nitro groups is 1. The fourth-order valence-corrected chi connectivity index (χ4v) is 4.05. The SMILES string of the molecule is Cc1cc(C)n(Cc2cc(C3=CN(CC(=O)c4ccc([N+](=O)[O-])s4)C=CC3)n[nH]2)n1. The number of rotatable bonds is 7. The zero-order valence-corrected chi connectivity index (χ0v) is 17.3. The lowest BCUT2D eigenvalue weighted by Crippen LogP contribution is -2.21. The van der Waals surface area contributed by atoms with Crippen molar-refractivity contribution in [3.63, 3.8) is 0 Å². The summed E-state index contributed by atoms with van der Waals surface area (Å²) in [5.74, 6) is -0.164. The monoisotopic (exact) mass is 424 g/mol. The standard InChI is InChI=1S/C20H20N6O3S/c1-13-8-14(2)25(23-13)11-16-9-17(22-21-16)15-4-3-7-24(10-15)12-18(27)19-5-6-20(30-19)26(28)29/h3,5-10H,4,11-12H2,1-2H3,(H,21,22). The highest BCUT2D eigenvalue weighted by Crippen LogP contribution is 2.26. The number of allylic oxidation sites excluding steroid dienone is 2. The maximum Gasteiger partial charge on any atom is 0.324 e. The van der Waals surface area contributed by atoms with E-state index in [1.165, 1.54) is 12.1 Å². The average molecular weight is 424 g/mol. The van der Waals surface area contributed by atoms with Gasteiger partial charge in [-0.1, -0.05) is 17.4 Å². The van der Waals surface area contributed by atoms with E-state index in [4.69, 9.17) is 0 Å². The highest BCUT2D eigenvalue weighted by molar-refractivity contribution is 7.17. The Morgan fingerprint density at radius 3 is 2.87 bits per heavy atom. The first kappa shape index (κ1) is 19.8. The van der Waals surface area contributed by atoms with Crippen molar-refractivity contribution in [2.75, 3.05) is 6.54 Å². The lowest BCUT2D eigenvalue weighted by molar-refractivity contribution is -0.380. The summed E-state index contributed by atoms with van der Waals surface area (Å²) in [5.41, 5.74) is 4.81. The van der Waals surface area contributed by atoms with Gasteiger partial charge in [-0.25, -0.2) is 0 Å². The number of carbonyl (C=O) groups excluding carboxylic acids is 1. The summed E-state index contributed by atoms with van der Waals surface area (Å²) < 4.78 is 1.92. The molecule has 0 aromatic carbocycles. The second-order valence-corrected chi connectivity index (χ2v) is 8.16. The van der Waals surface area contributed by atoms with Crippen molar-refractivity contribution in [1.82, 2.24) is 24.9 Å². The van der Waals surface area contributed by atoms with E-state index in [2.05, 4.69) is 15.3 Å². The Morgan fingerprint density at radius 1 is 1.33 bits per heavy atom. The van der Waals surface area contributed by atoms with Gasteiger partial charge < -0.3 is 4.90 Å². The fourth-order valence-electron chi connectivity index (χ4n) is 3.30. The normalized spacial score (nSPS) is 13.5. The third-order valence-corrected chi connectivity index (χ3v) is 5.79. The number of nitrogens with one attached hydrogen (secondary N) is 1. The second kappa shape index (κ2) is 8.07. The molecule has 1 aliphatic heterocycles. The molecule has 154 valence electrons. The molecule has 4 rings (SSSR count). The van der Waals surface area contributed by atoms with Crippen LogP contribution in [0.3, 0.4) is 0 Å². The van der Waals surface area contributed by atoms with Crippen LogP contribution in [-0.2, 0) is 6.54 Å². The van der Waals surface area contributed by atoms with Crippen LogP contribution in [0, 0.1) is 24.0 Å². The highest BCUT2D eigenvalue weighted by atomic mass is 32.1. The number of thiophene rings is 1. The van der Waals surface area contributed by atoms with Crippen molar-refractivity contribution in [2.45, 2.75) is 26.8 Å². The average Bonchev–Trinajstić information content (AvgIpc) is 3.43. The predicted octanol–water partition coefficient (Wildman–Crippen LogP) is 3.68. The van der Waals surface area contributed by atoms with Crippen LogP contribution in [-0.4, -0.2) is 42.1 Å². The summed E-state index contributed by atoms with van der Waals surface area (Å²) >= 11 is 0.896. The Morgan fingerprint density at radius 2 is 2.17 bits per heavy atom. The van der Waals surface area contributed by atoms with Crippen LogP contribution in [0.2, 0.25) is 0 Å². The van der Waals surface area contributed by atoms with Gasteiger partial charge in [-0.05, 0) is 44.0 Å². The number of hydrogen-bond acceptors (Lipinski definition) is 7. The summed E-state index contributed by atoms with van der Waals surface area (Å²) in [5, 5.41) is 22.7. The molecule has 9 nitrogen and oxygen atoms in total. The van der Waals surface area contributed by atoms with Gasteiger partial charge in [0.2, 0.25) is 0 Å². The molecule has 1 aliphatic rings. The highest BCUT2D eigenvalue weighted by Gasteiger charge is 2.18. The van der Waals surface area contributed by atoms with Crippen molar-refractivity contribution in [3.05, 3.63) is 80.5 Å². The smallest absolute Gasteiger partial charge is 0.324 e. The number of ketones is 1. The lowest BCUT2D eigenvalue weighted by Gasteiger charge is -2.19. The third-order valence-electron chi connectivity index (χ3n) is 4.71. The maximum absolute atomic E-state index is 12.5. The number of carbonyl (C=O) groups is 1. The van der Waals surface area contributed by atoms with Gasteiger partial charge >= 0.3 is 5.00 Å². The quantitative estimate of drug-likeness (QED) is 0.352. The number of aromatic nitrogens is 4. The van der Waals surface area contributed by atoms with E-state index in [1.54, 1.807) is 4.90 Å². The van der Waals surface area contributed by atoms with Crippen molar-refractivity contribution in [2.24, 2.45) is 0 Å². The molecule has 0 amide bonds. The Labute approximate surface area is 176 Å². The predicted molar refractivity (Wildman–Crippen MR) is 113 cm³/mol. The van der Waals surface area contributed by atoms with E-state index in [0.717, 1.165) is 39.7 Å². The first-order chi connectivity index (χ1) is 14.4.